The Morgan fingerprint density at radius 1 is 1.33 bits per heavy atom. The molecule has 0 saturated carbocycles. The molecule has 2 aromatic rings. The van der Waals surface area contributed by atoms with Gasteiger partial charge in [0.15, 0.2) is 5.82 Å². The number of urea groups is 1. The Balaban J connectivity index is 1.55. The van der Waals surface area contributed by atoms with E-state index in [1.165, 1.54) is 5.57 Å². The predicted molar refractivity (Wildman–Crippen MR) is 90.2 cm³/mol. The number of rotatable bonds is 4. The summed E-state index contributed by atoms with van der Waals surface area (Å²) in [5.74, 6) is 1.01. The van der Waals surface area contributed by atoms with Gasteiger partial charge in [0, 0.05) is 19.6 Å². The quantitative estimate of drug-likeness (QED) is 0.900. The molecule has 0 bridgehead atoms. The van der Waals surface area contributed by atoms with Crippen molar-refractivity contribution in [3.63, 3.8) is 0 Å². The Labute approximate surface area is 140 Å². The van der Waals surface area contributed by atoms with Crippen LogP contribution in [-0.4, -0.2) is 43.9 Å². The van der Waals surface area contributed by atoms with Gasteiger partial charge in [-0.2, -0.15) is 0 Å². The number of nitrogens with one attached hydrogen (secondary N) is 1. The summed E-state index contributed by atoms with van der Waals surface area (Å²) in [6.07, 6.45) is 4.52. The van der Waals surface area contributed by atoms with Gasteiger partial charge >= 0.3 is 6.03 Å². The second-order valence-electron chi connectivity index (χ2n) is 5.66. The number of hydrogen-bond acceptors (Lipinski definition) is 4. The van der Waals surface area contributed by atoms with Gasteiger partial charge in [-0.15, -0.1) is 10.2 Å². The number of phenols is 1. The van der Waals surface area contributed by atoms with Crippen LogP contribution in [0.2, 0.25) is 0 Å². The highest BCUT2D eigenvalue weighted by Crippen LogP contribution is 2.23. The third-order valence-corrected chi connectivity index (χ3v) is 4.17. The normalized spacial score (nSPS) is 14.4. The maximum atomic E-state index is 12.3. The summed E-state index contributed by atoms with van der Waals surface area (Å²) in [6.45, 7) is 4.40. The first-order valence-electron chi connectivity index (χ1n) is 8.05. The molecule has 0 radical (unpaired) electrons. The molecular weight excluding hydrogens is 306 g/mol. The van der Waals surface area contributed by atoms with Crippen LogP contribution in [0.3, 0.4) is 0 Å². The molecule has 2 heterocycles. The fourth-order valence-corrected chi connectivity index (χ4v) is 2.74. The molecule has 0 unspecified atom stereocenters. The van der Waals surface area contributed by atoms with Crippen molar-refractivity contribution in [3.05, 3.63) is 48.1 Å². The third-order valence-electron chi connectivity index (χ3n) is 4.17. The molecule has 2 N–H and O–H groups in total. The molecule has 0 fully saturated rings. The topological polar surface area (TPSA) is 83.3 Å². The van der Waals surface area contributed by atoms with Crippen LogP contribution in [0.4, 0.5) is 4.79 Å². The van der Waals surface area contributed by atoms with Gasteiger partial charge < -0.3 is 19.9 Å². The SMILES string of the molecule is CCn1cnnc1CNC(=O)N1CC=C(c2ccc(O)cc2)CC1. The first-order valence-corrected chi connectivity index (χ1v) is 8.05. The van der Waals surface area contributed by atoms with Crippen molar-refractivity contribution in [3.8, 4) is 5.75 Å². The van der Waals surface area contributed by atoms with E-state index in [2.05, 4.69) is 21.6 Å². The molecule has 7 heteroatoms. The van der Waals surface area contributed by atoms with Crippen LogP contribution < -0.4 is 5.32 Å². The minimum atomic E-state index is -0.0957. The van der Waals surface area contributed by atoms with E-state index in [0.29, 0.717) is 19.6 Å². The van der Waals surface area contributed by atoms with E-state index in [0.717, 1.165) is 24.4 Å². The highest BCUT2D eigenvalue weighted by molar-refractivity contribution is 5.76. The van der Waals surface area contributed by atoms with Gasteiger partial charge in [-0.25, -0.2) is 4.79 Å². The second-order valence-corrected chi connectivity index (χ2v) is 5.66. The number of carbonyl (C=O) groups is 1. The van der Waals surface area contributed by atoms with Crippen LogP contribution in [0.15, 0.2) is 36.7 Å². The van der Waals surface area contributed by atoms with Gasteiger partial charge in [-0.3, -0.25) is 0 Å². The molecule has 24 heavy (non-hydrogen) atoms. The third kappa shape index (κ3) is 3.56. The van der Waals surface area contributed by atoms with Gasteiger partial charge in [0.1, 0.15) is 12.1 Å². The van der Waals surface area contributed by atoms with Crippen molar-refractivity contribution >= 4 is 11.6 Å². The van der Waals surface area contributed by atoms with E-state index < -0.39 is 0 Å². The summed E-state index contributed by atoms with van der Waals surface area (Å²) in [7, 11) is 0. The lowest BCUT2D eigenvalue weighted by Gasteiger charge is -2.26. The van der Waals surface area contributed by atoms with Crippen LogP contribution in [0.25, 0.3) is 5.57 Å². The average molecular weight is 327 g/mol. The zero-order chi connectivity index (χ0) is 16.9. The number of nitrogens with zero attached hydrogens (tertiary/aromatic N) is 4. The molecule has 0 spiro atoms. The summed E-state index contributed by atoms with van der Waals surface area (Å²) < 4.78 is 1.90. The van der Waals surface area contributed by atoms with Crippen molar-refractivity contribution in [2.75, 3.05) is 13.1 Å². The lowest BCUT2D eigenvalue weighted by atomic mass is 9.99. The summed E-state index contributed by atoms with van der Waals surface area (Å²) in [6, 6.07) is 7.06. The zero-order valence-corrected chi connectivity index (χ0v) is 13.6. The Morgan fingerprint density at radius 2 is 2.12 bits per heavy atom. The first-order chi connectivity index (χ1) is 11.7. The maximum absolute atomic E-state index is 12.3. The standard InChI is InChI=1S/C17H21N5O2/c1-2-21-12-19-20-16(21)11-18-17(24)22-9-7-14(8-10-22)13-3-5-15(23)6-4-13/h3-7,12,23H,2,8-11H2,1H3,(H,18,24). The van der Waals surface area contributed by atoms with Crippen LogP contribution in [0.1, 0.15) is 24.7 Å². The molecule has 1 aromatic carbocycles. The van der Waals surface area contributed by atoms with Gasteiger partial charge in [0.25, 0.3) is 0 Å². The first kappa shape index (κ1) is 16.0. The molecule has 2 amide bonds. The Bertz CT molecular complexity index is 736. The lowest BCUT2D eigenvalue weighted by molar-refractivity contribution is 0.202. The van der Waals surface area contributed by atoms with E-state index >= 15 is 0 Å². The summed E-state index contributed by atoms with van der Waals surface area (Å²) in [5, 5.41) is 20.1. The van der Waals surface area contributed by atoms with Crippen LogP contribution >= 0.6 is 0 Å². The molecule has 1 aromatic heterocycles. The number of aromatic hydroxyl groups is 1. The number of benzene rings is 1. The Morgan fingerprint density at radius 3 is 2.79 bits per heavy atom. The van der Waals surface area contributed by atoms with E-state index in [-0.39, 0.29) is 11.8 Å². The van der Waals surface area contributed by atoms with Gasteiger partial charge in [-0.05, 0) is 36.6 Å². The average Bonchev–Trinajstić information content (AvgIpc) is 3.08. The van der Waals surface area contributed by atoms with E-state index in [4.69, 9.17) is 0 Å². The molecule has 0 atom stereocenters. The minimum absolute atomic E-state index is 0.0957. The number of phenolic OH excluding ortho intramolecular Hbond substituents is 1. The molecule has 0 saturated heterocycles. The van der Waals surface area contributed by atoms with Crippen LogP contribution in [0, 0.1) is 0 Å². The number of amides is 2. The molecule has 1 aliphatic rings. The Kier molecular flexibility index (Phi) is 4.79. The van der Waals surface area contributed by atoms with Gasteiger partial charge in [-0.1, -0.05) is 18.2 Å². The van der Waals surface area contributed by atoms with Gasteiger partial charge in [0.05, 0.1) is 6.54 Å². The summed E-state index contributed by atoms with van der Waals surface area (Å²) >= 11 is 0. The molecule has 7 nitrogen and oxygen atoms in total. The number of aryl methyl sites for hydroxylation is 1. The minimum Gasteiger partial charge on any atom is -0.508 e. The molecule has 1 aliphatic heterocycles. The monoisotopic (exact) mass is 327 g/mol. The van der Waals surface area contributed by atoms with Crippen molar-refractivity contribution in [2.24, 2.45) is 0 Å². The van der Waals surface area contributed by atoms with Crippen molar-refractivity contribution in [1.82, 2.24) is 25.0 Å². The number of aromatic nitrogens is 3. The van der Waals surface area contributed by atoms with E-state index in [1.54, 1.807) is 23.4 Å². The fraction of sp³-hybridized carbons (Fsp3) is 0.353. The summed E-state index contributed by atoms with van der Waals surface area (Å²) in [5.41, 5.74) is 2.29. The second kappa shape index (κ2) is 7.16. The number of hydrogen-bond donors (Lipinski definition) is 2. The predicted octanol–water partition coefficient (Wildman–Crippen LogP) is 2.00. The zero-order valence-electron chi connectivity index (χ0n) is 13.6. The molecule has 3 rings (SSSR count). The summed E-state index contributed by atoms with van der Waals surface area (Å²) in [4.78, 5) is 14.1. The van der Waals surface area contributed by atoms with Crippen LogP contribution in [0.5, 0.6) is 5.75 Å². The maximum Gasteiger partial charge on any atom is 0.318 e. The largest absolute Gasteiger partial charge is 0.508 e. The van der Waals surface area contributed by atoms with Crippen LogP contribution in [-0.2, 0) is 13.1 Å². The highest BCUT2D eigenvalue weighted by atomic mass is 16.3. The van der Waals surface area contributed by atoms with E-state index in [1.807, 2.05) is 23.6 Å². The van der Waals surface area contributed by atoms with Gasteiger partial charge in [0.2, 0.25) is 0 Å². The molecule has 0 aliphatic carbocycles. The highest BCUT2D eigenvalue weighted by Gasteiger charge is 2.18. The lowest BCUT2D eigenvalue weighted by Crippen LogP contribution is -2.42. The number of carbonyl (C=O) groups excluding carboxylic acids is 1. The molecular formula is C17H21N5O2. The fourth-order valence-electron chi connectivity index (χ4n) is 2.74. The Hall–Kier alpha value is -2.83. The van der Waals surface area contributed by atoms with Crippen molar-refractivity contribution in [1.29, 1.82) is 0 Å². The smallest absolute Gasteiger partial charge is 0.318 e. The van der Waals surface area contributed by atoms with Crippen molar-refractivity contribution < 1.29 is 9.90 Å². The molecule has 126 valence electrons. The van der Waals surface area contributed by atoms with E-state index in [9.17, 15) is 9.90 Å². The van der Waals surface area contributed by atoms with Crippen molar-refractivity contribution in [2.45, 2.75) is 26.4 Å².